The number of amides is 1. The maximum atomic E-state index is 12.3. The van der Waals surface area contributed by atoms with Crippen LogP contribution in [-0.2, 0) is 14.8 Å². The van der Waals surface area contributed by atoms with Crippen LogP contribution in [0, 0.1) is 0 Å². The van der Waals surface area contributed by atoms with Crippen molar-refractivity contribution >= 4 is 15.9 Å². The van der Waals surface area contributed by atoms with Crippen molar-refractivity contribution in [3.8, 4) is 5.75 Å². The highest BCUT2D eigenvalue weighted by molar-refractivity contribution is 7.89. The van der Waals surface area contributed by atoms with Gasteiger partial charge in [-0.05, 0) is 57.9 Å². The summed E-state index contributed by atoms with van der Waals surface area (Å²) in [4.78, 5) is 12.3. The number of ether oxygens (including phenoxy) is 1. The van der Waals surface area contributed by atoms with Crippen LogP contribution in [0.3, 0.4) is 0 Å². The Morgan fingerprint density at radius 1 is 1.04 bits per heavy atom. The van der Waals surface area contributed by atoms with Crippen molar-refractivity contribution in [3.05, 3.63) is 24.3 Å². The number of hydrogen-bond donors (Lipinski definition) is 2. The molecule has 0 aromatic heterocycles. The molecule has 152 valence electrons. The van der Waals surface area contributed by atoms with Crippen LogP contribution in [0.4, 0.5) is 0 Å². The van der Waals surface area contributed by atoms with Crippen LogP contribution in [-0.4, -0.2) is 32.5 Å². The van der Waals surface area contributed by atoms with Crippen LogP contribution >= 0.6 is 0 Å². The van der Waals surface area contributed by atoms with Gasteiger partial charge in [0.05, 0.1) is 4.90 Å². The number of benzene rings is 1. The van der Waals surface area contributed by atoms with Crippen molar-refractivity contribution in [2.45, 2.75) is 82.2 Å². The summed E-state index contributed by atoms with van der Waals surface area (Å²) in [5, 5.41) is 3.05. The molecule has 0 heterocycles. The zero-order chi connectivity index (χ0) is 19.9. The van der Waals surface area contributed by atoms with E-state index < -0.39 is 15.6 Å². The minimum atomic E-state index is -3.58. The highest BCUT2D eigenvalue weighted by Crippen LogP contribution is 2.19. The number of nitrogens with one attached hydrogen (secondary N) is 2. The van der Waals surface area contributed by atoms with Crippen molar-refractivity contribution in [3.63, 3.8) is 0 Å². The fraction of sp³-hybridized carbons (Fsp3) is 0.650. The minimum absolute atomic E-state index is 0.0666. The Morgan fingerprint density at radius 3 is 2.15 bits per heavy atom. The molecule has 2 N–H and O–H groups in total. The van der Waals surface area contributed by atoms with E-state index in [9.17, 15) is 13.2 Å². The Bertz CT molecular complexity index is 700. The second-order valence-electron chi connectivity index (χ2n) is 8.23. The third kappa shape index (κ3) is 7.89. The van der Waals surface area contributed by atoms with E-state index in [2.05, 4.69) is 10.0 Å². The normalized spacial score (nSPS) is 17.0. The first-order chi connectivity index (χ1) is 12.7. The highest BCUT2D eigenvalue weighted by Gasteiger charge is 2.22. The molecule has 1 aliphatic carbocycles. The Labute approximate surface area is 163 Å². The summed E-state index contributed by atoms with van der Waals surface area (Å²) in [5.74, 6) is 0.337. The van der Waals surface area contributed by atoms with E-state index in [1.54, 1.807) is 32.9 Å². The number of carbonyl (C=O) groups excluding carboxylic acids is 1. The molecule has 1 aromatic carbocycles. The van der Waals surface area contributed by atoms with Crippen LogP contribution in [0.5, 0.6) is 5.75 Å². The van der Waals surface area contributed by atoms with Crippen molar-refractivity contribution in [2.24, 2.45) is 0 Å². The van der Waals surface area contributed by atoms with Gasteiger partial charge in [0.1, 0.15) is 5.75 Å². The quantitative estimate of drug-likeness (QED) is 0.772. The second kappa shape index (κ2) is 9.55. The van der Waals surface area contributed by atoms with E-state index in [1.165, 1.54) is 31.4 Å². The average Bonchev–Trinajstić information content (AvgIpc) is 2.53. The lowest BCUT2D eigenvalue weighted by atomic mass is 9.97. The van der Waals surface area contributed by atoms with Gasteiger partial charge in [0.15, 0.2) is 6.61 Å². The standard InChI is InChI=1S/C20H32N2O4S/c1-20(2,3)22-27(24,25)18-13-11-17(12-14-18)26-15-19(23)21-16-9-7-5-4-6-8-10-16/h11-14,16,22H,4-10,15H2,1-3H3,(H,21,23). The lowest BCUT2D eigenvalue weighted by Crippen LogP contribution is -2.40. The lowest BCUT2D eigenvalue weighted by molar-refractivity contribution is -0.123. The number of carbonyl (C=O) groups is 1. The highest BCUT2D eigenvalue weighted by atomic mass is 32.2. The van der Waals surface area contributed by atoms with Crippen molar-refractivity contribution < 1.29 is 17.9 Å². The molecule has 1 aromatic rings. The molecular formula is C20H32N2O4S. The lowest BCUT2D eigenvalue weighted by Gasteiger charge is -2.21. The van der Waals surface area contributed by atoms with Crippen LogP contribution < -0.4 is 14.8 Å². The maximum absolute atomic E-state index is 12.3. The molecule has 0 atom stereocenters. The summed E-state index contributed by atoms with van der Waals surface area (Å²) in [6.07, 6.45) is 8.14. The van der Waals surface area contributed by atoms with Gasteiger partial charge in [-0.25, -0.2) is 13.1 Å². The summed E-state index contributed by atoms with van der Waals surface area (Å²) < 4.78 is 32.7. The fourth-order valence-corrected chi connectivity index (χ4v) is 4.61. The topological polar surface area (TPSA) is 84.5 Å². The zero-order valence-corrected chi connectivity index (χ0v) is 17.4. The molecule has 0 spiro atoms. The predicted octanol–water partition coefficient (Wildman–Crippen LogP) is 3.37. The fourth-order valence-electron chi connectivity index (χ4n) is 3.20. The summed E-state index contributed by atoms with van der Waals surface area (Å²) >= 11 is 0. The van der Waals surface area contributed by atoms with E-state index in [0.717, 1.165) is 25.7 Å². The molecule has 1 aliphatic rings. The Kier molecular flexibility index (Phi) is 7.68. The molecule has 0 radical (unpaired) electrons. The molecule has 1 fully saturated rings. The minimum Gasteiger partial charge on any atom is -0.484 e. The molecule has 2 rings (SSSR count). The Hall–Kier alpha value is -1.60. The van der Waals surface area contributed by atoms with E-state index >= 15 is 0 Å². The molecule has 0 saturated heterocycles. The molecule has 1 amide bonds. The first kappa shape index (κ1) is 21.7. The second-order valence-corrected chi connectivity index (χ2v) is 9.91. The van der Waals surface area contributed by atoms with Crippen molar-refractivity contribution in [1.29, 1.82) is 0 Å². The SMILES string of the molecule is CC(C)(C)NS(=O)(=O)c1ccc(OCC(=O)NC2CCCCCCC2)cc1. The van der Waals surface area contributed by atoms with Crippen molar-refractivity contribution in [2.75, 3.05) is 6.61 Å². The predicted molar refractivity (Wildman–Crippen MR) is 106 cm³/mol. The third-order valence-electron chi connectivity index (χ3n) is 4.41. The third-order valence-corrected chi connectivity index (χ3v) is 6.19. The van der Waals surface area contributed by atoms with Crippen LogP contribution in [0.25, 0.3) is 0 Å². The van der Waals surface area contributed by atoms with Crippen molar-refractivity contribution in [1.82, 2.24) is 10.0 Å². The van der Waals surface area contributed by atoms with E-state index in [-0.39, 0.29) is 23.5 Å². The molecule has 27 heavy (non-hydrogen) atoms. The summed E-state index contributed by atoms with van der Waals surface area (Å²) in [6, 6.07) is 6.34. The summed E-state index contributed by atoms with van der Waals surface area (Å²) in [7, 11) is -3.58. The smallest absolute Gasteiger partial charge is 0.258 e. The van der Waals surface area contributed by atoms with Gasteiger partial charge in [-0.15, -0.1) is 0 Å². The van der Waals surface area contributed by atoms with Gasteiger partial charge in [0, 0.05) is 11.6 Å². The van der Waals surface area contributed by atoms with Crippen LogP contribution in [0.15, 0.2) is 29.2 Å². The molecule has 7 heteroatoms. The van der Waals surface area contributed by atoms with Gasteiger partial charge in [-0.3, -0.25) is 4.79 Å². The number of hydrogen-bond acceptors (Lipinski definition) is 4. The number of sulfonamides is 1. The molecule has 0 unspecified atom stereocenters. The first-order valence-corrected chi connectivity index (χ1v) is 11.2. The van der Waals surface area contributed by atoms with Gasteiger partial charge in [-0.1, -0.05) is 32.1 Å². The van der Waals surface area contributed by atoms with Gasteiger partial charge in [-0.2, -0.15) is 0 Å². The van der Waals surface area contributed by atoms with Crippen LogP contribution in [0.2, 0.25) is 0 Å². The molecule has 0 bridgehead atoms. The van der Waals surface area contributed by atoms with Crippen LogP contribution in [0.1, 0.15) is 65.7 Å². The monoisotopic (exact) mass is 396 g/mol. The van der Waals surface area contributed by atoms with Gasteiger partial charge in [0.25, 0.3) is 5.91 Å². The van der Waals surface area contributed by atoms with Gasteiger partial charge in [0.2, 0.25) is 10.0 Å². The average molecular weight is 397 g/mol. The number of rotatable bonds is 6. The van der Waals surface area contributed by atoms with E-state index in [0.29, 0.717) is 5.75 Å². The Morgan fingerprint density at radius 2 is 1.59 bits per heavy atom. The zero-order valence-electron chi connectivity index (χ0n) is 16.6. The summed E-state index contributed by atoms with van der Waals surface area (Å²) in [5.41, 5.74) is -0.552. The largest absolute Gasteiger partial charge is 0.484 e. The maximum Gasteiger partial charge on any atom is 0.258 e. The molecule has 0 aliphatic heterocycles. The van der Waals surface area contributed by atoms with E-state index in [1.807, 2.05) is 0 Å². The first-order valence-electron chi connectivity index (χ1n) is 9.72. The Balaban J connectivity index is 1.84. The molecule has 1 saturated carbocycles. The molecular weight excluding hydrogens is 364 g/mol. The summed E-state index contributed by atoms with van der Waals surface area (Å²) in [6.45, 7) is 5.30. The van der Waals surface area contributed by atoms with Gasteiger partial charge >= 0.3 is 0 Å². The van der Waals surface area contributed by atoms with E-state index in [4.69, 9.17) is 4.74 Å². The van der Waals surface area contributed by atoms with Gasteiger partial charge < -0.3 is 10.1 Å². The molecule has 6 nitrogen and oxygen atoms in total.